The fraction of sp³-hybridized carbons (Fsp3) is 0.167. The number of hydrogen-bond donors (Lipinski definition) is 1. The normalized spacial score (nSPS) is 12.8. The fourth-order valence-corrected chi connectivity index (χ4v) is 4.45. The molecule has 0 bridgehead atoms. The average molecular weight is 409 g/mol. The molecule has 0 fully saturated rings. The highest BCUT2D eigenvalue weighted by atomic mass is 79.9. The number of fused-ring (bicyclic) bond motifs is 1. The molecule has 2 heterocycles. The van der Waals surface area contributed by atoms with E-state index in [1.165, 1.54) is 4.88 Å². The number of benzene rings is 1. The van der Waals surface area contributed by atoms with E-state index in [9.17, 15) is 0 Å². The number of halogens is 3. The van der Waals surface area contributed by atoms with E-state index < -0.39 is 0 Å². The first-order valence-electron chi connectivity index (χ1n) is 5.68. The lowest BCUT2D eigenvalue weighted by Gasteiger charge is -2.15. The Hall–Kier alpha value is -0.400. The molecule has 3 aromatic rings. The molecule has 0 aliphatic rings. The van der Waals surface area contributed by atoms with Gasteiger partial charge in [-0.25, -0.2) is 0 Å². The topological polar surface area (TPSA) is 37.8 Å². The number of hydrogen-bond acceptors (Lipinski definition) is 5. The minimum Gasteiger partial charge on any atom is -0.375 e. The quantitative estimate of drug-likeness (QED) is 0.577. The van der Waals surface area contributed by atoms with Crippen molar-refractivity contribution in [2.45, 2.75) is 13.0 Å². The van der Waals surface area contributed by atoms with E-state index in [2.05, 4.69) is 43.0 Å². The number of thiophene rings is 1. The standard InChI is InChI=1S/C12H8BrCl2N3S2/c1-5(8-2-3-9(13)19-8)16-10-6(14)4-7(15)11-12(10)18-20-17-11/h2-5,16H,1H3. The minimum atomic E-state index is 0.120. The Morgan fingerprint density at radius 2 is 1.95 bits per heavy atom. The molecule has 1 N–H and O–H groups in total. The van der Waals surface area contributed by atoms with E-state index in [-0.39, 0.29) is 6.04 Å². The number of anilines is 1. The van der Waals surface area contributed by atoms with Gasteiger partial charge in [-0.15, -0.1) is 11.3 Å². The molecule has 0 saturated carbocycles. The molecule has 0 aliphatic carbocycles. The van der Waals surface area contributed by atoms with Gasteiger partial charge in [-0.3, -0.25) is 0 Å². The van der Waals surface area contributed by atoms with Crippen molar-refractivity contribution in [3.05, 3.63) is 36.9 Å². The van der Waals surface area contributed by atoms with E-state index in [0.29, 0.717) is 15.6 Å². The first-order chi connectivity index (χ1) is 9.56. The van der Waals surface area contributed by atoms with Crippen LogP contribution in [-0.2, 0) is 0 Å². The summed E-state index contributed by atoms with van der Waals surface area (Å²) in [5.74, 6) is 0. The van der Waals surface area contributed by atoms with Gasteiger partial charge in [0.25, 0.3) is 0 Å². The van der Waals surface area contributed by atoms with Gasteiger partial charge in [0.1, 0.15) is 11.0 Å². The van der Waals surface area contributed by atoms with E-state index in [1.54, 1.807) is 17.4 Å². The largest absolute Gasteiger partial charge is 0.375 e. The summed E-state index contributed by atoms with van der Waals surface area (Å²) in [6.45, 7) is 2.08. The first-order valence-corrected chi connectivity index (χ1v) is 8.78. The van der Waals surface area contributed by atoms with Crippen LogP contribution in [0.25, 0.3) is 11.0 Å². The summed E-state index contributed by atoms with van der Waals surface area (Å²) in [4.78, 5) is 1.21. The van der Waals surface area contributed by atoms with Gasteiger partial charge in [0.2, 0.25) is 0 Å². The van der Waals surface area contributed by atoms with Crippen LogP contribution in [0.3, 0.4) is 0 Å². The van der Waals surface area contributed by atoms with E-state index in [4.69, 9.17) is 23.2 Å². The van der Waals surface area contributed by atoms with Gasteiger partial charge >= 0.3 is 0 Å². The van der Waals surface area contributed by atoms with Crippen LogP contribution in [0, 0.1) is 0 Å². The molecule has 104 valence electrons. The maximum absolute atomic E-state index is 6.29. The molecule has 1 unspecified atom stereocenters. The van der Waals surface area contributed by atoms with E-state index in [0.717, 1.165) is 26.7 Å². The van der Waals surface area contributed by atoms with E-state index in [1.807, 2.05) is 6.07 Å². The molecule has 1 atom stereocenters. The van der Waals surface area contributed by atoms with Crippen molar-refractivity contribution in [1.82, 2.24) is 8.75 Å². The van der Waals surface area contributed by atoms with Gasteiger partial charge in [0, 0.05) is 4.88 Å². The lowest BCUT2D eigenvalue weighted by atomic mass is 10.2. The number of aromatic nitrogens is 2. The second-order valence-electron chi connectivity index (χ2n) is 4.18. The monoisotopic (exact) mass is 407 g/mol. The van der Waals surface area contributed by atoms with Crippen LogP contribution >= 0.6 is 62.2 Å². The molecule has 3 rings (SSSR count). The van der Waals surface area contributed by atoms with Gasteiger partial charge in [0.15, 0.2) is 0 Å². The van der Waals surface area contributed by atoms with E-state index >= 15 is 0 Å². The third-order valence-electron chi connectivity index (χ3n) is 2.83. The molecule has 8 heteroatoms. The highest BCUT2D eigenvalue weighted by molar-refractivity contribution is 9.11. The summed E-state index contributed by atoms with van der Waals surface area (Å²) in [5, 5.41) is 4.48. The van der Waals surface area contributed by atoms with Gasteiger partial charge < -0.3 is 5.32 Å². The predicted octanol–water partition coefficient (Wildman–Crippen LogP) is 6.00. The molecular formula is C12H8BrCl2N3S2. The van der Waals surface area contributed by atoms with Crippen molar-refractivity contribution in [2.75, 3.05) is 5.32 Å². The highest BCUT2D eigenvalue weighted by Gasteiger charge is 2.17. The lowest BCUT2D eigenvalue weighted by molar-refractivity contribution is 0.910. The van der Waals surface area contributed by atoms with Crippen molar-refractivity contribution < 1.29 is 0 Å². The van der Waals surface area contributed by atoms with Crippen LogP contribution in [0.15, 0.2) is 22.0 Å². The van der Waals surface area contributed by atoms with Crippen molar-refractivity contribution in [3.63, 3.8) is 0 Å². The lowest BCUT2D eigenvalue weighted by Crippen LogP contribution is -2.06. The molecule has 0 radical (unpaired) electrons. The molecule has 1 aromatic carbocycles. The number of nitrogens with zero attached hydrogens (tertiary/aromatic N) is 2. The molecule has 0 amide bonds. The minimum absolute atomic E-state index is 0.120. The molecule has 2 aromatic heterocycles. The maximum Gasteiger partial charge on any atom is 0.130 e. The van der Waals surface area contributed by atoms with Crippen LogP contribution in [0.2, 0.25) is 10.0 Å². The zero-order chi connectivity index (χ0) is 14.3. The van der Waals surface area contributed by atoms with Crippen molar-refractivity contribution in [1.29, 1.82) is 0 Å². The summed E-state index contributed by atoms with van der Waals surface area (Å²) in [7, 11) is 0. The Kier molecular flexibility index (Phi) is 4.19. The van der Waals surface area contributed by atoms with Crippen LogP contribution in [-0.4, -0.2) is 8.75 Å². The van der Waals surface area contributed by atoms with Crippen LogP contribution in [0.1, 0.15) is 17.8 Å². The second kappa shape index (κ2) is 5.77. The number of nitrogens with one attached hydrogen (secondary N) is 1. The summed E-state index contributed by atoms with van der Waals surface area (Å²) in [6.07, 6.45) is 0. The Morgan fingerprint density at radius 3 is 2.65 bits per heavy atom. The van der Waals surface area contributed by atoms with Crippen LogP contribution < -0.4 is 5.32 Å². The Bertz CT molecular complexity index is 771. The molecule has 0 spiro atoms. The van der Waals surface area contributed by atoms with Crippen LogP contribution in [0.5, 0.6) is 0 Å². The van der Waals surface area contributed by atoms with Crippen molar-refractivity contribution in [2.24, 2.45) is 0 Å². The van der Waals surface area contributed by atoms with Gasteiger partial charge in [0.05, 0.1) is 37.3 Å². The summed E-state index contributed by atoms with van der Waals surface area (Å²) in [5.41, 5.74) is 2.18. The molecule has 20 heavy (non-hydrogen) atoms. The van der Waals surface area contributed by atoms with Crippen molar-refractivity contribution >= 4 is 78.9 Å². The first kappa shape index (κ1) is 14.5. The Labute approximate surface area is 142 Å². The van der Waals surface area contributed by atoms with Gasteiger partial charge in [-0.1, -0.05) is 23.2 Å². The van der Waals surface area contributed by atoms with Gasteiger partial charge in [-0.05, 0) is 41.1 Å². The summed E-state index contributed by atoms with van der Waals surface area (Å²) >= 11 is 18.7. The summed E-state index contributed by atoms with van der Waals surface area (Å²) < 4.78 is 9.59. The molecule has 0 saturated heterocycles. The average Bonchev–Trinajstić information content (AvgIpc) is 3.02. The maximum atomic E-state index is 6.29. The predicted molar refractivity (Wildman–Crippen MR) is 91.5 cm³/mol. The highest BCUT2D eigenvalue weighted by Crippen LogP contribution is 2.38. The van der Waals surface area contributed by atoms with Crippen molar-refractivity contribution in [3.8, 4) is 0 Å². The Morgan fingerprint density at radius 1 is 1.20 bits per heavy atom. The molecule has 0 aliphatic heterocycles. The SMILES string of the molecule is CC(Nc1c(Cl)cc(Cl)c2nsnc12)c1ccc(Br)s1. The fourth-order valence-electron chi connectivity index (χ4n) is 1.86. The zero-order valence-corrected chi connectivity index (χ0v) is 14.9. The van der Waals surface area contributed by atoms with Crippen LogP contribution in [0.4, 0.5) is 5.69 Å². The zero-order valence-electron chi connectivity index (χ0n) is 10.2. The second-order valence-corrected chi connectivity index (χ2v) is 8.02. The molecular weight excluding hydrogens is 401 g/mol. The summed E-state index contributed by atoms with van der Waals surface area (Å²) in [6, 6.07) is 5.93. The molecule has 3 nitrogen and oxygen atoms in total. The van der Waals surface area contributed by atoms with Gasteiger partial charge in [-0.2, -0.15) is 8.75 Å². The third kappa shape index (κ3) is 2.67. The number of rotatable bonds is 3. The third-order valence-corrected chi connectivity index (χ3v) is 5.75. The Balaban J connectivity index is 2.00. The smallest absolute Gasteiger partial charge is 0.130 e.